The lowest BCUT2D eigenvalue weighted by atomic mass is 10.1. The summed E-state index contributed by atoms with van der Waals surface area (Å²) in [7, 11) is -3.88. The maximum Gasteiger partial charge on any atom is 0.264 e. The Morgan fingerprint density at radius 2 is 1.58 bits per heavy atom. The van der Waals surface area contributed by atoms with Crippen LogP contribution in [0.15, 0.2) is 83.8 Å². The molecule has 0 fully saturated rings. The summed E-state index contributed by atoms with van der Waals surface area (Å²) in [4.78, 5) is 12.8. The molecule has 0 aromatic heterocycles. The van der Waals surface area contributed by atoms with Gasteiger partial charge in [-0.25, -0.2) is 8.42 Å². The second-order valence-electron chi connectivity index (χ2n) is 7.60. The van der Waals surface area contributed by atoms with E-state index in [1.165, 1.54) is 9.87 Å². The molecule has 0 bridgehead atoms. The zero-order chi connectivity index (χ0) is 22.3. The van der Waals surface area contributed by atoms with Crippen LogP contribution in [0.5, 0.6) is 0 Å². The van der Waals surface area contributed by atoms with Gasteiger partial charge in [0.25, 0.3) is 10.0 Å². The van der Waals surface area contributed by atoms with Crippen LogP contribution in [-0.4, -0.2) is 27.4 Å². The largest absolute Gasteiger partial charge is 0.355 e. The third-order valence-electron chi connectivity index (χ3n) is 4.99. The molecule has 0 radical (unpaired) electrons. The van der Waals surface area contributed by atoms with Gasteiger partial charge >= 0.3 is 0 Å². The highest BCUT2D eigenvalue weighted by Crippen LogP contribution is 2.24. The maximum atomic E-state index is 13.4. The monoisotopic (exact) mass is 436 g/mol. The van der Waals surface area contributed by atoms with E-state index in [-0.39, 0.29) is 17.3 Å². The molecule has 3 rings (SSSR count). The third-order valence-corrected chi connectivity index (χ3v) is 6.78. The number of aryl methyl sites for hydroxylation is 3. The van der Waals surface area contributed by atoms with E-state index in [2.05, 4.69) is 17.4 Å². The number of anilines is 1. The van der Waals surface area contributed by atoms with E-state index < -0.39 is 10.0 Å². The average Bonchev–Trinajstić information content (AvgIpc) is 2.76. The van der Waals surface area contributed by atoms with Gasteiger partial charge in [0.2, 0.25) is 5.91 Å². The van der Waals surface area contributed by atoms with Gasteiger partial charge in [-0.05, 0) is 62.1 Å². The molecule has 1 amide bonds. The van der Waals surface area contributed by atoms with Crippen molar-refractivity contribution >= 4 is 21.6 Å². The fourth-order valence-electron chi connectivity index (χ4n) is 3.29. The van der Waals surface area contributed by atoms with Crippen LogP contribution >= 0.6 is 0 Å². The van der Waals surface area contributed by atoms with E-state index in [4.69, 9.17) is 0 Å². The smallest absolute Gasteiger partial charge is 0.264 e. The van der Waals surface area contributed by atoms with Gasteiger partial charge in [0.1, 0.15) is 6.54 Å². The Bertz CT molecular complexity index is 1110. The molecule has 0 aliphatic rings. The summed E-state index contributed by atoms with van der Waals surface area (Å²) >= 11 is 0. The van der Waals surface area contributed by atoms with Crippen molar-refractivity contribution in [1.29, 1.82) is 0 Å². The number of sulfonamides is 1. The van der Waals surface area contributed by atoms with Crippen LogP contribution in [0.2, 0.25) is 0 Å². The van der Waals surface area contributed by atoms with Crippen molar-refractivity contribution in [1.82, 2.24) is 5.32 Å². The van der Waals surface area contributed by atoms with Crippen molar-refractivity contribution in [3.8, 4) is 0 Å². The zero-order valence-electron chi connectivity index (χ0n) is 17.9. The second kappa shape index (κ2) is 10.3. The SMILES string of the molecule is Cc1ccc(S(=O)(=O)N(CC(=O)NCCCc2ccccc2)c2cccc(C)c2)cc1. The summed E-state index contributed by atoms with van der Waals surface area (Å²) in [5.41, 5.74) is 3.57. The fourth-order valence-corrected chi connectivity index (χ4v) is 4.70. The molecule has 0 spiro atoms. The molecule has 31 heavy (non-hydrogen) atoms. The van der Waals surface area contributed by atoms with Crippen molar-refractivity contribution in [2.45, 2.75) is 31.6 Å². The molecule has 3 aromatic carbocycles. The van der Waals surface area contributed by atoms with E-state index in [0.29, 0.717) is 12.2 Å². The van der Waals surface area contributed by atoms with E-state index in [1.54, 1.807) is 42.5 Å². The van der Waals surface area contributed by atoms with Gasteiger partial charge in [0.15, 0.2) is 0 Å². The van der Waals surface area contributed by atoms with Gasteiger partial charge in [-0.3, -0.25) is 9.10 Å². The fraction of sp³-hybridized carbons (Fsp3) is 0.240. The molecular weight excluding hydrogens is 408 g/mol. The number of hydrogen-bond donors (Lipinski definition) is 1. The van der Waals surface area contributed by atoms with Gasteiger partial charge in [0.05, 0.1) is 10.6 Å². The minimum Gasteiger partial charge on any atom is -0.355 e. The molecule has 162 valence electrons. The van der Waals surface area contributed by atoms with Crippen LogP contribution in [0.3, 0.4) is 0 Å². The summed E-state index contributed by atoms with van der Waals surface area (Å²) in [6.45, 7) is 4.01. The summed E-state index contributed by atoms with van der Waals surface area (Å²) in [5, 5.41) is 2.86. The quantitative estimate of drug-likeness (QED) is 0.510. The summed E-state index contributed by atoms with van der Waals surface area (Å²) in [6.07, 6.45) is 1.63. The minimum atomic E-state index is -3.88. The number of carbonyl (C=O) groups is 1. The van der Waals surface area contributed by atoms with Crippen LogP contribution in [0.25, 0.3) is 0 Å². The van der Waals surface area contributed by atoms with Crippen molar-refractivity contribution in [3.63, 3.8) is 0 Å². The molecule has 0 atom stereocenters. The Morgan fingerprint density at radius 1 is 0.871 bits per heavy atom. The standard InChI is InChI=1S/C25H28N2O3S/c1-20-13-15-24(16-14-20)31(29,30)27(23-12-6-8-21(2)18-23)19-25(28)26-17-7-11-22-9-4-3-5-10-22/h3-6,8-10,12-16,18H,7,11,17,19H2,1-2H3,(H,26,28). The predicted molar refractivity (Wildman–Crippen MR) is 125 cm³/mol. The molecule has 6 heteroatoms. The number of nitrogens with one attached hydrogen (secondary N) is 1. The number of benzene rings is 3. The first kappa shape index (κ1) is 22.6. The average molecular weight is 437 g/mol. The normalized spacial score (nSPS) is 11.2. The molecule has 0 unspecified atom stereocenters. The van der Waals surface area contributed by atoms with Gasteiger partial charge in [-0.2, -0.15) is 0 Å². The Labute approximate surface area is 184 Å². The van der Waals surface area contributed by atoms with Crippen molar-refractivity contribution in [2.75, 3.05) is 17.4 Å². The molecule has 3 aromatic rings. The first-order valence-corrected chi connectivity index (χ1v) is 11.8. The van der Waals surface area contributed by atoms with E-state index in [1.807, 2.05) is 38.1 Å². The Balaban J connectivity index is 1.72. The molecule has 0 aliphatic heterocycles. The van der Waals surface area contributed by atoms with Crippen molar-refractivity contribution in [2.24, 2.45) is 0 Å². The first-order valence-electron chi connectivity index (χ1n) is 10.3. The minimum absolute atomic E-state index is 0.163. The molecule has 0 aliphatic carbocycles. The van der Waals surface area contributed by atoms with E-state index >= 15 is 0 Å². The van der Waals surface area contributed by atoms with Crippen LogP contribution < -0.4 is 9.62 Å². The molecule has 5 nitrogen and oxygen atoms in total. The number of nitrogens with zero attached hydrogens (tertiary/aromatic N) is 1. The third kappa shape index (κ3) is 6.18. The highest BCUT2D eigenvalue weighted by Gasteiger charge is 2.27. The van der Waals surface area contributed by atoms with Crippen LogP contribution in [-0.2, 0) is 21.2 Å². The maximum absolute atomic E-state index is 13.4. The second-order valence-corrected chi connectivity index (χ2v) is 9.47. The van der Waals surface area contributed by atoms with Crippen LogP contribution in [0.1, 0.15) is 23.1 Å². The lowest BCUT2D eigenvalue weighted by Gasteiger charge is -2.24. The molecule has 0 saturated heterocycles. The number of amides is 1. The lowest BCUT2D eigenvalue weighted by molar-refractivity contribution is -0.119. The van der Waals surface area contributed by atoms with Crippen molar-refractivity contribution in [3.05, 3.63) is 95.6 Å². The Morgan fingerprint density at radius 3 is 2.26 bits per heavy atom. The lowest BCUT2D eigenvalue weighted by Crippen LogP contribution is -2.41. The number of rotatable bonds is 9. The molecule has 0 heterocycles. The van der Waals surface area contributed by atoms with E-state index in [9.17, 15) is 13.2 Å². The topological polar surface area (TPSA) is 66.5 Å². The molecule has 0 saturated carbocycles. The van der Waals surface area contributed by atoms with E-state index in [0.717, 1.165) is 24.0 Å². The summed E-state index contributed by atoms with van der Waals surface area (Å²) in [6, 6.07) is 23.9. The molecular formula is C25H28N2O3S. The number of hydrogen-bond acceptors (Lipinski definition) is 3. The molecule has 1 N–H and O–H groups in total. The predicted octanol–water partition coefficient (Wildman–Crippen LogP) is 4.25. The van der Waals surface area contributed by atoms with Crippen LogP contribution in [0.4, 0.5) is 5.69 Å². The van der Waals surface area contributed by atoms with Crippen LogP contribution in [0, 0.1) is 13.8 Å². The number of carbonyl (C=O) groups excluding carboxylic acids is 1. The highest BCUT2D eigenvalue weighted by molar-refractivity contribution is 7.92. The Hall–Kier alpha value is -3.12. The first-order chi connectivity index (χ1) is 14.9. The van der Waals surface area contributed by atoms with Gasteiger partial charge < -0.3 is 5.32 Å². The van der Waals surface area contributed by atoms with Gasteiger partial charge in [-0.15, -0.1) is 0 Å². The summed E-state index contributed by atoms with van der Waals surface area (Å²) in [5.74, 6) is -0.328. The summed E-state index contributed by atoms with van der Waals surface area (Å²) < 4.78 is 27.9. The zero-order valence-corrected chi connectivity index (χ0v) is 18.7. The van der Waals surface area contributed by atoms with Crippen molar-refractivity contribution < 1.29 is 13.2 Å². The van der Waals surface area contributed by atoms with Gasteiger partial charge in [-0.1, -0.05) is 60.2 Å². The van der Waals surface area contributed by atoms with Gasteiger partial charge in [0, 0.05) is 6.54 Å². The Kier molecular flexibility index (Phi) is 7.47. The highest BCUT2D eigenvalue weighted by atomic mass is 32.2.